The predicted molar refractivity (Wildman–Crippen MR) is 57.7 cm³/mol. The van der Waals surface area contributed by atoms with E-state index in [4.69, 9.17) is 5.11 Å². The van der Waals surface area contributed by atoms with Gasteiger partial charge in [-0.25, -0.2) is 9.59 Å². The van der Waals surface area contributed by atoms with Crippen molar-refractivity contribution < 1.29 is 14.7 Å². The van der Waals surface area contributed by atoms with Gasteiger partial charge in [-0.1, -0.05) is 20.3 Å². The molecule has 88 valence electrons. The first kappa shape index (κ1) is 13.7. The van der Waals surface area contributed by atoms with Gasteiger partial charge >= 0.3 is 12.0 Å². The highest BCUT2D eigenvalue weighted by Crippen LogP contribution is 2.07. The molecule has 5 heteroatoms. The molecule has 0 radical (unpaired) electrons. The van der Waals surface area contributed by atoms with Crippen molar-refractivity contribution in [2.75, 3.05) is 0 Å². The van der Waals surface area contributed by atoms with Gasteiger partial charge in [0.2, 0.25) is 0 Å². The lowest BCUT2D eigenvalue weighted by atomic mass is 9.99. The van der Waals surface area contributed by atoms with Gasteiger partial charge in [0, 0.05) is 6.04 Å². The molecule has 0 aromatic heterocycles. The number of rotatable bonds is 5. The normalized spacial score (nSPS) is 14.5. The molecule has 0 spiro atoms. The molecule has 0 aliphatic rings. The highest BCUT2D eigenvalue weighted by molar-refractivity contribution is 5.82. The number of hydrogen-bond donors (Lipinski definition) is 3. The summed E-state index contributed by atoms with van der Waals surface area (Å²) in [5.41, 5.74) is 0. The van der Waals surface area contributed by atoms with Crippen LogP contribution in [0.15, 0.2) is 0 Å². The Balaban J connectivity index is 4.29. The van der Waals surface area contributed by atoms with E-state index in [1.165, 1.54) is 0 Å². The van der Waals surface area contributed by atoms with Gasteiger partial charge in [-0.3, -0.25) is 0 Å². The molecule has 5 nitrogen and oxygen atoms in total. The second-order valence-electron chi connectivity index (χ2n) is 3.97. The molecule has 0 saturated carbocycles. The summed E-state index contributed by atoms with van der Waals surface area (Å²) in [5, 5.41) is 14.0. The molecule has 2 amide bonds. The fourth-order valence-electron chi connectivity index (χ4n) is 1.13. The van der Waals surface area contributed by atoms with Crippen LogP contribution in [0.1, 0.15) is 34.1 Å². The van der Waals surface area contributed by atoms with Gasteiger partial charge < -0.3 is 15.7 Å². The lowest BCUT2D eigenvalue weighted by Crippen LogP contribution is -2.50. The maximum absolute atomic E-state index is 11.3. The van der Waals surface area contributed by atoms with Crippen LogP contribution in [-0.4, -0.2) is 29.2 Å². The molecule has 0 aromatic carbocycles. The SMILES string of the molecule is CC[C@H](C)[C@H](NC(=O)NC(C)C)C(=O)O. The number of carbonyl (C=O) groups excluding carboxylic acids is 1. The summed E-state index contributed by atoms with van der Waals surface area (Å²) in [7, 11) is 0. The van der Waals surface area contributed by atoms with Gasteiger partial charge in [-0.2, -0.15) is 0 Å². The standard InChI is InChI=1S/C10H20N2O3/c1-5-7(4)8(9(13)14)12-10(15)11-6(2)3/h6-8H,5H2,1-4H3,(H,13,14)(H2,11,12,15)/t7-,8-/m0/s1. The van der Waals surface area contributed by atoms with Gasteiger partial charge in [0.1, 0.15) is 6.04 Å². The maximum atomic E-state index is 11.3. The second-order valence-corrected chi connectivity index (χ2v) is 3.97. The Kier molecular flexibility index (Phi) is 5.74. The minimum atomic E-state index is -0.997. The summed E-state index contributed by atoms with van der Waals surface area (Å²) in [5.74, 6) is -1.08. The number of urea groups is 1. The van der Waals surface area contributed by atoms with Crippen LogP contribution >= 0.6 is 0 Å². The summed E-state index contributed by atoms with van der Waals surface area (Å²) >= 11 is 0. The van der Waals surface area contributed by atoms with Crippen LogP contribution in [0.25, 0.3) is 0 Å². The first-order valence-corrected chi connectivity index (χ1v) is 5.18. The molecular weight excluding hydrogens is 196 g/mol. The van der Waals surface area contributed by atoms with Crippen molar-refractivity contribution >= 4 is 12.0 Å². The lowest BCUT2D eigenvalue weighted by Gasteiger charge is -2.21. The van der Waals surface area contributed by atoms with Crippen LogP contribution in [0.4, 0.5) is 4.79 Å². The number of carboxylic acid groups (broad SMARTS) is 1. The van der Waals surface area contributed by atoms with Crippen molar-refractivity contribution in [3.8, 4) is 0 Å². The second kappa shape index (κ2) is 6.27. The third kappa shape index (κ3) is 5.24. The van der Waals surface area contributed by atoms with Crippen molar-refractivity contribution in [2.24, 2.45) is 5.92 Å². The van der Waals surface area contributed by atoms with Crippen molar-refractivity contribution in [3.05, 3.63) is 0 Å². The Morgan fingerprint density at radius 2 is 1.73 bits per heavy atom. The maximum Gasteiger partial charge on any atom is 0.326 e. The molecule has 0 aliphatic carbocycles. The van der Waals surface area contributed by atoms with Crippen LogP contribution in [0, 0.1) is 5.92 Å². The van der Waals surface area contributed by atoms with Gasteiger partial charge in [0.05, 0.1) is 0 Å². The molecular formula is C10H20N2O3. The van der Waals surface area contributed by atoms with Crippen molar-refractivity contribution in [1.82, 2.24) is 10.6 Å². The molecule has 0 saturated heterocycles. The summed E-state index contributed by atoms with van der Waals surface area (Å²) in [6.07, 6.45) is 0.707. The molecule has 0 rings (SSSR count). The zero-order chi connectivity index (χ0) is 12.0. The van der Waals surface area contributed by atoms with Gasteiger partial charge in [0.15, 0.2) is 0 Å². The third-order valence-electron chi connectivity index (χ3n) is 2.19. The number of nitrogens with one attached hydrogen (secondary N) is 2. The van der Waals surface area contributed by atoms with E-state index in [1.807, 2.05) is 20.8 Å². The Morgan fingerprint density at radius 1 is 1.20 bits per heavy atom. The summed E-state index contributed by atoms with van der Waals surface area (Å²) in [6, 6.07) is -1.26. The van der Waals surface area contributed by atoms with Crippen molar-refractivity contribution in [2.45, 2.75) is 46.2 Å². The summed E-state index contributed by atoms with van der Waals surface area (Å²) < 4.78 is 0. The zero-order valence-electron chi connectivity index (χ0n) is 9.70. The molecule has 0 aromatic rings. The van der Waals surface area contributed by atoms with E-state index < -0.39 is 18.0 Å². The lowest BCUT2D eigenvalue weighted by molar-refractivity contribution is -0.140. The number of carbonyl (C=O) groups is 2. The average molecular weight is 216 g/mol. The topological polar surface area (TPSA) is 78.4 Å². The van der Waals surface area contributed by atoms with Gasteiger partial charge in [0.25, 0.3) is 0 Å². The van der Waals surface area contributed by atoms with Crippen LogP contribution in [0.5, 0.6) is 0 Å². The quantitative estimate of drug-likeness (QED) is 0.646. The van der Waals surface area contributed by atoms with E-state index in [2.05, 4.69) is 10.6 Å². The van der Waals surface area contributed by atoms with E-state index in [1.54, 1.807) is 6.92 Å². The Labute approximate surface area is 90.2 Å². The number of amides is 2. The Bertz CT molecular complexity index is 229. The third-order valence-corrected chi connectivity index (χ3v) is 2.19. The highest BCUT2D eigenvalue weighted by Gasteiger charge is 2.25. The number of aliphatic carboxylic acids is 1. The Morgan fingerprint density at radius 3 is 2.07 bits per heavy atom. The van der Waals surface area contributed by atoms with Crippen molar-refractivity contribution in [1.29, 1.82) is 0 Å². The van der Waals surface area contributed by atoms with E-state index in [9.17, 15) is 9.59 Å². The van der Waals surface area contributed by atoms with Crippen LogP contribution < -0.4 is 10.6 Å². The predicted octanol–water partition coefficient (Wildman–Crippen LogP) is 1.19. The fourth-order valence-corrected chi connectivity index (χ4v) is 1.13. The van der Waals surface area contributed by atoms with Gasteiger partial charge in [-0.05, 0) is 19.8 Å². The van der Waals surface area contributed by atoms with E-state index in [0.717, 1.165) is 0 Å². The van der Waals surface area contributed by atoms with Crippen LogP contribution in [0.3, 0.4) is 0 Å². The molecule has 2 atom stereocenters. The zero-order valence-corrected chi connectivity index (χ0v) is 9.70. The molecule has 0 bridgehead atoms. The first-order valence-electron chi connectivity index (χ1n) is 5.18. The van der Waals surface area contributed by atoms with E-state index in [-0.39, 0.29) is 12.0 Å². The highest BCUT2D eigenvalue weighted by atomic mass is 16.4. The fraction of sp³-hybridized carbons (Fsp3) is 0.800. The van der Waals surface area contributed by atoms with Gasteiger partial charge in [-0.15, -0.1) is 0 Å². The van der Waals surface area contributed by atoms with Crippen LogP contribution in [0.2, 0.25) is 0 Å². The molecule has 0 unspecified atom stereocenters. The minimum Gasteiger partial charge on any atom is -0.480 e. The first-order chi connectivity index (χ1) is 6.88. The number of hydrogen-bond acceptors (Lipinski definition) is 2. The molecule has 0 aliphatic heterocycles. The monoisotopic (exact) mass is 216 g/mol. The largest absolute Gasteiger partial charge is 0.480 e. The minimum absolute atomic E-state index is 0.00335. The molecule has 3 N–H and O–H groups in total. The summed E-state index contributed by atoms with van der Waals surface area (Å²) in [4.78, 5) is 22.2. The average Bonchev–Trinajstić information content (AvgIpc) is 2.11. The van der Waals surface area contributed by atoms with Crippen molar-refractivity contribution in [3.63, 3.8) is 0 Å². The Hall–Kier alpha value is -1.26. The molecule has 0 fully saturated rings. The molecule has 0 heterocycles. The van der Waals surface area contributed by atoms with Crippen LogP contribution in [-0.2, 0) is 4.79 Å². The number of carboxylic acids is 1. The van der Waals surface area contributed by atoms with E-state index >= 15 is 0 Å². The molecule has 15 heavy (non-hydrogen) atoms. The van der Waals surface area contributed by atoms with E-state index in [0.29, 0.717) is 6.42 Å². The summed E-state index contributed by atoms with van der Waals surface area (Å²) in [6.45, 7) is 7.33. The smallest absolute Gasteiger partial charge is 0.326 e.